The number of hydrogen-bond acceptors (Lipinski definition) is 26. The molecule has 2 aliphatic rings. The van der Waals surface area contributed by atoms with Gasteiger partial charge in [0.2, 0.25) is 0 Å². The first-order valence-electron chi connectivity index (χ1n) is 33.1. The average Bonchev–Trinajstić information content (AvgIpc) is 0.955. The Bertz CT molecular complexity index is 3090. The highest BCUT2D eigenvalue weighted by molar-refractivity contribution is 7.81. The highest BCUT2D eigenvalue weighted by Crippen LogP contribution is 2.38. The maximum absolute atomic E-state index is 12.2. The number of nitrogens with zero attached hydrogens (tertiary/aromatic N) is 8. The van der Waals surface area contributed by atoms with Crippen LogP contribution >= 0.6 is 24.4 Å². The van der Waals surface area contributed by atoms with Crippen LogP contribution in [0.25, 0.3) is 0 Å². The van der Waals surface area contributed by atoms with Gasteiger partial charge in [-0.3, -0.25) is 87.1 Å². The van der Waals surface area contributed by atoms with Crippen molar-refractivity contribution in [2.75, 3.05) is 225 Å². The lowest BCUT2D eigenvalue weighted by Crippen LogP contribution is -2.51. The Hall–Kier alpha value is -9.14. The zero-order valence-corrected chi connectivity index (χ0v) is 59.3. The molecule has 0 aliphatic carbocycles. The van der Waals surface area contributed by atoms with E-state index in [9.17, 15) is 99.0 Å². The van der Waals surface area contributed by atoms with Gasteiger partial charge in [-0.15, -0.1) is 0 Å². The fraction of sp³-hybridized carbons (Fsp3) is 0.538. The molecule has 0 saturated carbocycles. The van der Waals surface area contributed by atoms with E-state index in [4.69, 9.17) is 52.9 Å². The molecule has 2 heterocycles. The van der Waals surface area contributed by atoms with E-state index in [1.807, 2.05) is 4.90 Å². The second-order valence-corrected chi connectivity index (χ2v) is 25.1. The normalized spacial score (nSPS) is 16.2. The van der Waals surface area contributed by atoms with Gasteiger partial charge in [-0.05, 0) is 72.7 Å². The minimum Gasteiger partial charge on any atom is -0.488 e. The molecule has 4 unspecified atom stereocenters. The first kappa shape index (κ1) is 86.5. The first-order valence-corrected chi connectivity index (χ1v) is 33.9. The number of anilines is 4. The van der Waals surface area contributed by atoms with E-state index >= 15 is 0 Å². The molecule has 580 valence electrons. The van der Waals surface area contributed by atoms with Gasteiger partial charge in [0.15, 0.2) is 21.7 Å². The summed E-state index contributed by atoms with van der Waals surface area (Å²) in [4.78, 5) is 130. The summed E-state index contributed by atoms with van der Waals surface area (Å²) in [5.74, 6) is -12.9. The van der Waals surface area contributed by atoms with Crippen LogP contribution in [0, 0.1) is 0 Å². The Kier molecular flexibility index (Phi) is 38.4. The van der Waals surface area contributed by atoms with E-state index in [0.29, 0.717) is 113 Å². The predicted octanol–water partition coefficient (Wildman–Crippen LogP) is -0.803. The fourth-order valence-corrected chi connectivity index (χ4v) is 11.6. The summed E-state index contributed by atoms with van der Waals surface area (Å²) in [7, 11) is 0. The fourth-order valence-electron chi connectivity index (χ4n) is 11.2. The molecule has 0 radical (unpaired) electrons. The van der Waals surface area contributed by atoms with Gasteiger partial charge in [0, 0.05) is 108 Å². The maximum atomic E-state index is 12.2. The molecule has 4 atom stereocenters. The smallest absolute Gasteiger partial charge is 0.317 e. The number of ether oxygens (including phenoxy) is 6. The third kappa shape index (κ3) is 36.4. The number of nitrogens with one attached hydrogen (secondary N) is 4. The molecule has 1 saturated heterocycles. The van der Waals surface area contributed by atoms with Crippen molar-refractivity contribution in [2.45, 2.75) is 24.9 Å². The standard InChI is InChI=1S/C65H92N12O26S2/c78-54(79)33-72(9-11-74(35-56(82)83)36-57(84)85)31-48(76(39-60(90)91)40-61(92)93)27-44-1-5-46(6-2-44)66-64(104)68-50-29-52-53(103-22-17-71-15-20-100-24-23-98-18-13-70(16-21-102-52)14-19-99-25-26-101-43-71)30-51(50)69-65(105)67-47-7-3-45(4-8-47)28-49(77(41-62(94)95)42-63(96)97)32-73(34-55(80)81)10-12-75(37-58(86)87)38-59(88)89/h1-8,29-30,48-49H,9-28,31-43H2,(H,78,79)(H,80,81)(H,82,83)(H,84,85)(H,86,87)(H,88,89)(H,90,91)(H,92,93)(H,94,95)(H,96,97)(H2,66,68,104)(H2,67,69,105). The summed E-state index contributed by atoms with van der Waals surface area (Å²) in [5, 5.41) is 110. The van der Waals surface area contributed by atoms with Crippen LogP contribution in [0.2, 0.25) is 0 Å². The SMILES string of the molecule is O=C(O)CN(CCN(CC(=O)O)CC(Cc1ccc(NC(=S)Nc2cc3c(cc2NC(=S)Nc2ccc(CC(CN(CCN(CC(=O)O)CC(=O)O)CC(=O)O)N(CC(=O)O)CC(=O)O)cc2)OCCN2CCOCCOCCN(CCOCCOC2)CCO3)cc1)N(CC(=O)O)CC(=O)O)CC(=O)O. The molecule has 38 nitrogen and oxygen atoms in total. The van der Waals surface area contributed by atoms with Gasteiger partial charge in [-0.25, -0.2) is 0 Å². The molecule has 2 bridgehead atoms. The summed E-state index contributed by atoms with van der Waals surface area (Å²) >= 11 is 11.8. The van der Waals surface area contributed by atoms with Crippen molar-refractivity contribution in [3.63, 3.8) is 0 Å². The van der Waals surface area contributed by atoms with E-state index in [-0.39, 0.29) is 93.8 Å². The number of carboxylic acid groups (broad SMARTS) is 10. The monoisotopic (exact) mass is 1520 g/mol. The molecule has 105 heavy (non-hydrogen) atoms. The highest BCUT2D eigenvalue weighted by atomic mass is 32.1. The second kappa shape index (κ2) is 46.6. The number of aliphatic carboxylic acids is 10. The molecule has 5 rings (SSSR count). The lowest BCUT2D eigenvalue weighted by molar-refractivity contribution is -0.145. The third-order valence-electron chi connectivity index (χ3n) is 15.9. The Morgan fingerprint density at radius 3 is 0.981 bits per heavy atom. The van der Waals surface area contributed by atoms with Crippen molar-refractivity contribution in [3.05, 3.63) is 71.8 Å². The van der Waals surface area contributed by atoms with Gasteiger partial charge in [0.05, 0.1) is 130 Å². The Balaban J connectivity index is 1.48. The molecule has 3 aromatic rings. The number of benzene rings is 3. The number of fused-ring (bicyclic) bond motifs is 9. The molecule has 40 heteroatoms. The van der Waals surface area contributed by atoms with Crippen molar-refractivity contribution < 1.29 is 127 Å². The van der Waals surface area contributed by atoms with E-state index in [1.54, 1.807) is 60.7 Å². The zero-order valence-electron chi connectivity index (χ0n) is 57.7. The quantitative estimate of drug-likeness (QED) is 0.0245. The van der Waals surface area contributed by atoms with Crippen LogP contribution < -0.4 is 30.7 Å². The number of thiocarbonyl (C=S) groups is 2. The summed E-state index contributed by atoms with van der Waals surface area (Å²) in [6, 6.07) is 14.5. The van der Waals surface area contributed by atoms with Crippen LogP contribution in [0.15, 0.2) is 60.7 Å². The van der Waals surface area contributed by atoms with Crippen LogP contribution in [-0.4, -0.2) is 376 Å². The third-order valence-corrected chi connectivity index (χ3v) is 16.3. The second-order valence-electron chi connectivity index (χ2n) is 24.3. The topological polar surface area (TPSA) is 502 Å². The van der Waals surface area contributed by atoms with Gasteiger partial charge in [-0.2, -0.15) is 0 Å². The van der Waals surface area contributed by atoms with Crippen LogP contribution in [0.5, 0.6) is 11.5 Å². The highest BCUT2D eigenvalue weighted by Gasteiger charge is 2.30. The predicted molar refractivity (Wildman–Crippen MR) is 382 cm³/mol. The van der Waals surface area contributed by atoms with E-state index < -0.39 is 137 Å². The van der Waals surface area contributed by atoms with E-state index in [2.05, 4.69) is 26.2 Å². The van der Waals surface area contributed by atoms with E-state index in [0.717, 1.165) is 19.6 Å². The van der Waals surface area contributed by atoms with E-state index in [1.165, 1.54) is 9.80 Å². The minimum atomic E-state index is -1.38. The largest absolute Gasteiger partial charge is 0.488 e. The molecule has 0 aromatic heterocycles. The Labute approximate surface area is 614 Å². The molecular weight excluding hydrogens is 1430 g/mol. The van der Waals surface area contributed by atoms with Crippen molar-refractivity contribution >= 4 is 117 Å². The Morgan fingerprint density at radius 2 is 0.648 bits per heavy atom. The van der Waals surface area contributed by atoms with Crippen molar-refractivity contribution in [1.82, 2.24) is 39.2 Å². The molecule has 0 spiro atoms. The van der Waals surface area contributed by atoms with Crippen LogP contribution in [-0.2, 0) is 79.7 Å². The Morgan fingerprint density at radius 1 is 0.362 bits per heavy atom. The van der Waals surface area contributed by atoms with Crippen molar-refractivity contribution in [1.29, 1.82) is 0 Å². The maximum Gasteiger partial charge on any atom is 0.317 e. The molecule has 2 aliphatic heterocycles. The first-order chi connectivity index (χ1) is 50.0. The van der Waals surface area contributed by atoms with Gasteiger partial charge in [0.25, 0.3) is 0 Å². The van der Waals surface area contributed by atoms with Gasteiger partial charge in [0.1, 0.15) is 13.2 Å². The molecule has 14 N–H and O–H groups in total. The lowest BCUT2D eigenvalue weighted by Gasteiger charge is -2.34. The van der Waals surface area contributed by atoms with Gasteiger partial charge < -0.3 is 101 Å². The van der Waals surface area contributed by atoms with Crippen molar-refractivity contribution in [3.8, 4) is 11.5 Å². The summed E-state index contributed by atoms with van der Waals surface area (Å²) in [5.41, 5.74) is 2.52. The summed E-state index contributed by atoms with van der Waals surface area (Å²) in [6.07, 6.45) is -0.0678. The number of carboxylic acids is 10. The van der Waals surface area contributed by atoms with Crippen LogP contribution in [0.3, 0.4) is 0 Å². The number of rotatable bonds is 40. The van der Waals surface area contributed by atoms with Gasteiger partial charge >= 0.3 is 59.7 Å². The number of hydrogen-bond donors (Lipinski definition) is 14. The number of carbonyl (C=O) groups is 10. The summed E-state index contributed by atoms with van der Waals surface area (Å²) in [6.45, 7) is -2.81. The zero-order chi connectivity index (χ0) is 76.8. The molecule has 1 fully saturated rings. The molecule has 3 aromatic carbocycles. The lowest BCUT2D eigenvalue weighted by atomic mass is 10.0. The molecular formula is C65H92N12O26S2. The van der Waals surface area contributed by atoms with Crippen LogP contribution in [0.1, 0.15) is 11.1 Å². The van der Waals surface area contributed by atoms with Gasteiger partial charge in [-0.1, -0.05) is 24.3 Å². The summed E-state index contributed by atoms with van der Waals surface area (Å²) < 4.78 is 36.8. The molecule has 0 amide bonds. The van der Waals surface area contributed by atoms with Crippen LogP contribution in [0.4, 0.5) is 22.7 Å². The van der Waals surface area contributed by atoms with Crippen molar-refractivity contribution in [2.24, 2.45) is 0 Å². The average molecular weight is 1520 g/mol. The minimum absolute atomic E-state index is 0.0272.